The second-order valence-electron chi connectivity index (χ2n) is 7.38. The summed E-state index contributed by atoms with van der Waals surface area (Å²) < 4.78 is 7.33. The van der Waals surface area contributed by atoms with Crippen LogP contribution >= 0.6 is 15.9 Å². The molecule has 0 atom stereocenters. The Morgan fingerprint density at radius 1 is 1.12 bits per heavy atom. The van der Waals surface area contributed by atoms with Crippen molar-refractivity contribution in [1.29, 1.82) is 0 Å². The Hall–Kier alpha value is -3.73. The summed E-state index contributed by atoms with van der Waals surface area (Å²) in [5.74, 6) is 1.06. The summed E-state index contributed by atoms with van der Waals surface area (Å²) in [5, 5.41) is 5.86. The van der Waals surface area contributed by atoms with E-state index in [2.05, 4.69) is 41.5 Å². The standard InChI is InChI=1S/C23H24BrN7O3/c1-3-30(4-2)22-25-12-15(13-26-22)21(33)29-23-28-18-8-7-16(27-20(32)11-24)10-19(18)31(23)14-17-6-5-9-34-17/h5-10,12-13H,3-4,11,14H2,1-2H3,(H,27,32)(H,28,29,33). The normalized spacial score (nSPS) is 10.9. The molecule has 0 saturated carbocycles. The molecule has 0 bridgehead atoms. The molecular weight excluding hydrogens is 502 g/mol. The van der Waals surface area contributed by atoms with Crippen LogP contribution in [0.3, 0.4) is 0 Å². The number of nitrogens with zero attached hydrogens (tertiary/aromatic N) is 5. The zero-order valence-electron chi connectivity index (χ0n) is 18.8. The molecule has 2 amide bonds. The number of alkyl halides is 1. The molecule has 11 heteroatoms. The fourth-order valence-electron chi connectivity index (χ4n) is 3.49. The van der Waals surface area contributed by atoms with Gasteiger partial charge in [0.2, 0.25) is 17.8 Å². The molecule has 1 aromatic carbocycles. The fourth-order valence-corrected chi connectivity index (χ4v) is 3.63. The molecule has 0 unspecified atom stereocenters. The highest BCUT2D eigenvalue weighted by molar-refractivity contribution is 9.09. The molecule has 4 aromatic rings. The molecule has 0 radical (unpaired) electrons. The topological polar surface area (TPSA) is 118 Å². The minimum atomic E-state index is -0.380. The summed E-state index contributed by atoms with van der Waals surface area (Å²) in [6, 6.07) is 8.99. The molecule has 0 aliphatic rings. The molecular formula is C23H24BrN7O3. The van der Waals surface area contributed by atoms with E-state index in [9.17, 15) is 9.59 Å². The molecule has 176 valence electrons. The molecule has 0 spiro atoms. The van der Waals surface area contributed by atoms with E-state index in [1.54, 1.807) is 24.5 Å². The lowest BCUT2D eigenvalue weighted by Gasteiger charge is -2.18. The lowest BCUT2D eigenvalue weighted by molar-refractivity contribution is -0.113. The third-order valence-corrected chi connectivity index (χ3v) is 5.73. The van der Waals surface area contributed by atoms with Gasteiger partial charge in [-0.3, -0.25) is 14.9 Å². The van der Waals surface area contributed by atoms with Crippen LogP contribution in [0, 0.1) is 0 Å². The second-order valence-corrected chi connectivity index (χ2v) is 7.95. The van der Waals surface area contributed by atoms with Crippen LogP contribution in [-0.2, 0) is 11.3 Å². The second kappa shape index (κ2) is 10.5. The van der Waals surface area contributed by atoms with Crippen LogP contribution in [0.4, 0.5) is 17.6 Å². The molecule has 4 rings (SSSR count). The predicted octanol–water partition coefficient (Wildman–Crippen LogP) is 3.90. The number of carbonyl (C=O) groups excluding carboxylic acids is 2. The first-order chi connectivity index (χ1) is 16.5. The summed E-state index contributed by atoms with van der Waals surface area (Å²) in [5.41, 5.74) is 2.33. The number of hydrogen-bond acceptors (Lipinski definition) is 7. The highest BCUT2D eigenvalue weighted by Crippen LogP contribution is 2.25. The largest absolute Gasteiger partial charge is 0.467 e. The van der Waals surface area contributed by atoms with Crippen LogP contribution in [0.2, 0.25) is 0 Å². The van der Waals surface area contributed by atoms with Gasteiger partial charge in [-0.2, -0.15) is 0 Å². The van der Waals surface area contributed by atoms with E-state index in [0.717, 1.165) is 18.6 Å². The Balaban J connectivity index is 1.65. The maximum atomic E-state index is 13.0. The maximum absolute atomic E-state index is 13.0. The fraction of sp³-hybridized carbons (Fsp3) is 0.261. The van der Waals surface area contributed by atoms with Gasteiger partial charge in [-0.25, -0.2) is 15.0 Å². The van der Waals surface area contributed by atoms with Gasteiger partial charge in [0.1, 0.15) is 5.76 Å². The number of imidazole rings is 1. The number of benzene rings is 1. The highest BCUT2D eigenvalue weighted by Gasteiger charge is 2.17. The van der Waals surface area contributed by atoms with Gasteiger partial charge in [0.25, 0.3) is 5.91 Å². The third-order valence-electron chi connectivity index (χ3n) is 5.22. The molecule has 0 saturated heterocycles. The van der Waals surface area contributed by atoms with Crippen LogP contribution < -0.4 is 15.5 Å². The molecule has 0 fully saturated rings. The molecule has 3 heterocycles. The maximum Gasteiger partial charge on any atom is 0.261 e. The van der Waals surface area contributed by atoms with Gasteiger partial charge in [0.15, 0.2) is 0 Å². The number of halogens is 1. The van der Waals surface area contributed by atoms with Crippen molar-refractivity contribution in [3.05, 3.63) is 60.3 Å². The van der Waals surface area contributed by atoms with Crippen molar-refractivity contribution in [2.45, 2.75) is 20.4 Å². The first-order valence-electron chi connectivity index (χ1n) is 10.8. The molecule has 0 aliphatic carbocycles. The SMILES string of the molecule is CCN(CC)c1ncc(C(=O)Nc2nc3ccc(NC(=O)CBr)cc3n2Cc2ccco2)cn1. The van der Waals surface area contributed by atoms with Crippen molar-refractivity contribution in [1.82, 2.24) is 19.5 Å². The van der Waals surface area contributed by atoms with Crippen molar-refractivity contribution in [2.24, 2.45) is 0 Å². The van der Waals surface area contributed by atoms with Crippen LogP contribution in [-0.4, -0.2) is 49.8 Å². The van der Waals surface area contributed by atoms with E-state index in [1.165, 1.54) is 12.4 Å². The first kappa shape index (κ1) is 23.4. The average molecular weight is 526 g/mol. The number of hydrogen-bond donors (Lipinski definition) is 2. The van der Waals surface area contributed by atoms with E-state index in [0.29, 0.717) is 41.0 Å². The molecule has 34 heavy (non-hydrogen) atoms. The van der Waals surface area contributed by atoms with Crippen LogP contribution in [0.1, 0.15) is 30.0 Å². The van der Waals surface area contributed by atoms with Crippen molar-refractivity contribution >= 4 is 56.4 Å². The van der Waals surface area contributed by atoms with Crippen LogP contribution in [0.25, 0.3) is 11.0 Å². The lowest BCUT2D eigenvalue weighted by atomic mass is 10.2. The van der Waals surface area contributed by atoms with Crippen LogP contribution in [0.15, 0.2) is 53.4 Å². The van der Waals surface area contributed by atoms with Gasteiger partial charge in [0.05, 0.1) is 34.7 Å². The van der Waals surface area contributed by atoms with E-state index in [1.807, 2.05) is 35.4 Å². The first-order valence-corrected chi connectivity index (χ1v) is 11.9. The Bertz CT molecular complexity index is 1280. The number of aromatic nitrogens is 4. The van der Waals surface area contributed by atoms with Gasteiger partial charge in [-0.15, -0.1) is 0 Å². The zero-order chi connectivity index (χ0) is 24.1. The summed E-state index contributed by atoms with van der Waals surface area (Å²) in [6.07, 6.45) is 4.59. The van der Waals surface area contributed by atoms with E-state index in [-0.39, 0.29) is 17.1 Å². The monoisotopic (exact) mass is 525 g/mol. The van der Waals surface area contributed by atoms with Crippen molar-refractivity contribution in [2.75, 3.05) is 34.0 Å². The number of fused-ring (bicyclic) bond motifs is 1. The summed E-state index contributed by atoms with van der Waals surface area (Å²) in [6.45, 7) is 5.93. The van der Waals surface area contributed by atoms with E-state index in [4.69, 9.17) is 4.42 Å². The number of carbonyl (C=O) groups is 2. The Labute approximate surface area is 204 Å². The van der Waals surface area contributed by atoms with Crippen molar-refractivity contribution in [3.63, 3.8) is 0 Å². The minimum Gasteiger partial charge on any atom is -0.467 e. The van der Waals surface area contributed by atoms with Gasteiger partial charge >= 0.3 is 0 Å². The van der Waals surface area contributed by atoms with Crippen molar-refractivity contribution < 1.29 is 14.0 Å². The van der Waals surface area contributed by atoms with Gasteiger partial charge < -0.3 is 19.2 Å². The Morgan fingerprint density at radius 2 is 1.88 bits per heavy atom. The minimum absolute atomic E-state index is 0.168. The van der Waals surface area contributed by atoms with Crippen LogP contribution in [0.5, 0.6) is 0 Å². The summed E-state index contributed by atoms with van der Waals surface area (Å²) in [4.78, 5) is 40.0. The number of amides is 2. The quantitative estimate of drug-likeness (QED) is 0.318. The Morgan fingerprint density at radius 3 is 2.53 bits per heavy atom. The number of nitrogens with one attached hydrogen (secondary N) is 2. The van der Waals surface area contributed by atoms with E-state index >= 15 is 0 Å². The van der Waals surface area contributed by atoms with Gasteiger partial charge in [-0.1, -0.05) is 15.9 Å². The number of furan rings is 1. The molecule has 3 aromatic heterocycles. The zero-order valence-corrected chi connectivity index (χ0v) is 20.4. The molecule has 0 aliphatic heterocycles. The van der Waals surface area contributed by atoms with Gasteiger partial charge in [0, 0.05) is 31.2 Å². The molecule has 2 N–H and O–H groups in total. The Kier molecular flexibility index (Phi) is 7.21. The third kappa shape index (κ3) is 5.09. The van der Waals surface area contributed by atoms with Crippen molar-refractivity contribution in [3.8, 4) is 0 Å². The smallest absolute Gasteiger partial charge is 0.261 e. The lowest BCUT2D eigenvalue weighted by Crippen LogP contribution is -2.24. The average Bonchev–Trinajstić information content (AvgIpc) is 3.48. The van der Waals surface area contributed by atoms with Gasteiger partial charge in [-0.05, 0) is 44.2 Å². The predicted molar refractivity (Wildman–Crippen MR) is 134 cm³/mol. The number of rotatable bonds is 9. The number of anilines is 3. The highest BCUT2D eigenvalue weighted by atomic mass is 79.9. The summed E-state index contributed by atoms with van der Waals surface area (Å²) >= 11 is 3.15. The molecule has 10 nitrogen and oxygen atoms in total. The summed E-state index contributed by atoms with van der Waals surface area (Å²) in [7, 11) is 0. The van der Waals surface area contributed by atoms with E-state index < -0.39 is 0 Å².